The average molecular weight is 548 g/mol. The molecule has 0 saturated carbocycles. The van der Waals surface area contributed by atoms with Crippen LogP contribution in [0.1, 0.15) is 31.8 Å². The maximum Gasteiger partial charge on any atom is 0.335 e. The molecule has 0 aliphatic heterocycles. The Bertz CT molecular complexity index is 1950. The molecule has 5 aromatic carbocycles. The lowest BCUT2D eigenvalue weighted by Gasteiger charge is -2.13. The van der Waals surface area contributed by atoms with Crippen molar-refractivity contribution in [2.45, 2.75) is 13.1 Å². The van der Waals surface area contributed by atoms with E-state index in [4.69, 9.17) is 5.11 Å². The maximum absolute atomic E-state index is 14.7. The second-order valence-corrected chi connectivity index (χ2v) is 9.75. The van der Waals surface area contributed by atoms with E-state index >= 15 is 0 Å². The Hall–Kier alpha value is -5.37. The number of aromatic carboxylic acids is 1. The smallest absolute Gasteiger partial charge is 0.335 e. The van der Waals surface area contributed by atoms with Crippen molar-refractivity contribution in [3.63, 3.8) is 0 Å². The number of aromatic nitrogens is 2. The molecule has 0 aliphatic rings. The molecule has 6 rings (SSSR count). The first-order chi connectivity index (χ1) is 19.9. The number of halogens is 2. The lowest BCUT2D eigenvalue weighted by atomic mass is 9.99. The molecule has 0 atom stereocenters. The number of carboxylic acids is 1. The highest BCUT2D eigenvalue weighted by molar-refractivity contribution is 6.07. The summed E-state index contributed by atoms with van der Waals surface area (Å²) in [6.45, 7) is 0.545. The van der Waals surface area contributed by atoms with Crippen LogP contribution in [-0.2, 0) is 13.1 Å². The molecular weight excluding hydrogens is 524 g/mol. The van der Waals surface area contributed by atoms with Crippen LogP contribution in [0.3, 0.4) is 0 Å². The Labute approximate surface area is 233 Å². The SMILES string of the molecule is O=C(O)c1ccc(CNC(=O)c2cc(-c3ccc(F)cc3F)cc3cnn(Cc4ccc5ccccc5c4)c23)cc1. The monoisotopic (exact) mass is 547 g/mol. The Morgan fingerprint density at radius 2 is 1.56 bits per heavy atom. The van der Waals surface area contributed by atoms with Crippen LogP contribution in [0.25, 0.3) is 32.8 Å². The fraction of sp³-hybridized carbons (Fsp3) is 0.0606. The number of nitrogens with zero attached hydrogens (tertiary/aromatic N) is 2. The fourth-order valence-electron chi connectivity index (χ4n) is 4.96. The Morgan fingerprint density at radius 1 is 0.805 bits per heavy atom. The predicted octanol–water partition coefficient (Wildman–Crippen LogP) is 6.81. The van der Waals surface area contributed by atoms with Crippen molar-refractivity contribution >= 4 is 33.6 Å². The number of amides is 1. The molecule has 1 aromatic heterocycles. The molecule has 6 aromatic rings. The Balaban J connectivity index is 1.39. The highest BCUT2D eigenvalue weighted by atomic mass is 19.1. The first-order valence-electron chi connectivity index (χ1n) is 12.9. The third-order valence-electron chi connectivity index (χ3n) is 7.02. The number of carbonyl (C=O) groups excluding carboxylic acids is 1. The van der Waals surface area contributed by atoms with Gasteiger partial charge in [0.2, 0.25) is 0 Å². The van der Waals surface area contributed by atoms with Gasteiger partial charge in [-0.15, -0.1) is 0 Å². The van der Waals surface area contributed by atoms with Gasteiger partial charge in [0.05, 0.1) is 29.4 Å². The van der Waals surface area contributed by atoms with Gasteiger partial charge in [-0.1, -0.05) is 48.5 Å². The van der Waals surface area contributed by atoms with E-state index in [9.17, 15) is 18.4 Å². The largest absolute Gasteiger partial charge is 0.478 e. The van der Waals surface area contributed by atoms with E-state index in [1.54, 1.807) is 35.1 Å². The minimum absolute atomic E-state index is 0.147. The summed E-state index contributed by atoms with van der Waals surface area (Å²) in [6.07, 6.45) is 1.63. The number of nitrogens with one attached hydrogen (secondary N) is 1. The number of carbonyl (C=O) groups is 2. The first-order valence-corrected chi connectivity index (χ1v) is 12.9. The molecule has 8 heteroatoms. The normalized spacial score (nSPS) is 11.2. The van der Waals surface area contributed by atoms with Crippen LogP contribution in [0, 0.1) is 11.6 Å². The van der Waals surface area contributed by atoms with E-state index in [0.29, 0.717) is 28.6 Å². The van der Waals surface area contributed by atoms with Gasteiger partial charge in [0.15, 0.2) is 0 Å². The van der Waals surface area contributed by atoms with Crippen molar-refractivity contribution < 1.29 is 23.5 Å². The van der Waals surface area contributed by atoms with Gasteiger partial charge in [-0.05, 0) is 69.9 Å². The van der Waals surface area contributed by atoms with Crippen molar-refractivity contribution in [1.29, 1.82) is 0 Å². The summed E-state index contributed by atoms with van der Waals surface area (Å²) in [5, 5.41) is 19.4. The number of carboxylic acid groups (broad SMARTS) is 1. The molecule has 1 amide bonds. The molecule has 0 bridgehead atoms. The summed E-state index contributed by atoms with van der Waals surface area (Å²) in [4.78, 5) is 24.8. The third kappa shape index (κ3) is 5.27. The zero-order valence-corrected chi connectivity index (χ0v) is 21.6. The summed E-state index contributed by atoms with van der Waals surface area (Å²) in [6, 6.07) is 27.0. The van der Waals surface area contributed by atoms with Gasteiger partial charge < -0.3 is 10.4 Å². The molecule has 0 saturated heterocycles. The molecule has 0 spiro atoms. The van der Waals surface area contributed by atoms with Crippen LogP contribution >= 0.6 is 0 Å². The predicted molar refractivity (Wildman–Crippen MR) is 153 cm³/mol. The highest BCUT2D eigenvalue weighted by Crippen LogP contribution is 2.31. The van der Waals surface area contributed by atoms with Crippen molar-refractivity contribution in [3.8, 4) is 11.1 Å². The Morgan fingerprint density at radius 3 is 2.32 bits per heavy atom. The molecule has 41 heavy (non-hydrogen) atoms. The molecule has 0 unspecified atom stereocenters. The van der Waals surface area contributed by atoms with E-state index in [1.165, 1.54) is 24.3 Å². The van der Waals surface area contributed by atoms with Crippen LogP contribution in [0.5, 0.6) is 0 Å². The molecule has 0 aliphatic carbocycles. The lowest BCUT2D eigenvalue weighted by molar-refractivity contribution is 0.0696. The summed E-state index contributed by atoms with van der Waals surface area (Å²) in [5.74, 6) is -2.88. The van der Waals surface area contributed by atoms with Gasteiger partial charge in [0.1, 0.15) is 11.6 Å². The zero-order chi connectivity index (χ0) is 28.5. The standard InChI is InChI=1S/C33H23F2N3O3/c34-27-11-12-28(30(35)16-27)25-14-26-18-37-38(19-21-7-8-22-3-1-2-4-24(22)13-21)31(26)29(15-25)32(39)36-17-20-5-9-23(10-6-20)33(40)41/h1-16,18H,17,19H2,(H,36,39)(H,40,41). The molecular formula is C33H23F2N3O3. The summed E-state index contributed by atoms with van der Waals surface area (Å²) in [7, 11) is 0. The summed E-state index contributed by atoms with van der Waals surface area (Å²) in [5.41, 5.74) is 3.28. The van der Waals surface area contributed by atoms with E-state index in [1.807, 2.05) is 36.4 Å². The highest BCUT2D eigenvalue weighted by Gasteiger charge is 2.19. The zero-order valence-electron chi connectivity index (χ0n) is 21.6. The third-order valence-corrected chi connectivity index (χ3v) is 7.02. The van der Waals surface area contributed by atoms with Gasteiger partial charge >= 0.3 is 5.97 Å². The van der Waals surface area contributed by atoms with Crippen molar-refractivity contribution in [2.75, 3.05) is 0 Å². The number of fused-ring (bicyclic) bond motifs is 2. The van der Waals surface area contributed by atoms with Gasteiger partial charge in [-0.3, -0.25) is 9.48 Å². The topological polar surface area (TPSA) is 84.2 Å². The lowest BCUT2D eigenvalue weighted by Crippen LogP contribution is -2.24. The van der Waals surface area contributed by atoms with Gasteiger partial charge in [0, 0.05) is 23.6 Å². The quantitative estimate of drug-likeness (QED) is 0.230. The minimum atomic E-state index is -1.03. The second-order valence-electron chi connectivity index (χ2n) is 9.75. The molecule has 1 heterocycles. The van der Waals surface area contributed by atoms with Crippen molar-refractivity contribution in [3.05, 3.63) is 137 Å². The molecule has 6 nitrogen and oxygen atoms in total. The van der Waals surface area contributed by atoms with Crippen LogP contribution in [0.2, 0.25) is 0 Å². The first kappa shape index (κ1) is 25.9. The number of rotatable bonds is 7. The van der Waals surface area contributed by atoms with E-state index < -0.39 is 23.5 Å². The van der Waals surface area contributed by atoms with E-state index in [2.05, 4.69) is 16.5 Å². The average Bonchev–Trinajstić information content (AvgIpc) is 3.38. The molecule has 2 N–H and O–H groups in total. The summed E-state index contributed by atoms with van der Waals surface area (Å²) < 4.78 is 30.1. The van der Waals surface area contributed by atoms with Gasteiger partial charge in [0.25, 0.3) is 5.91 Å². The number of hydrogen-bond acceptors (Lipinski definition) is 3. The van der Waals surface area contributed by atoms with Crippen molar-refractivity contribution in [1.82, 2.24) is 15.1 Å². The van der Waals surface area contributed by atoms with Gasteiger partial charge in [-0.25, -0.2) is 13.6 Å². The fourth-order valence-corrected chi connectivity index (χ4v) is 4.96. The van der Waals surface area contributed by atoms with Crippen LogP contribution in [0.4, 0.5) is 8.78 Å². The van der Waals surface area contributed by atoms with Crippen LogP contribution in [0.15, 0.2) is 103 Å². The van der Waals surface area contributed by atoms with Crippen LogP contribution in [-0.4, -0.2) is 26.8 Å². The molecule has 0 fully saturated rings. The van der Waals surface area contributed by atoms with Gasteiger partial charge in [-0.2, -0.15) is 5.10 Å². The van der Waals surface area contributed by atoms with E-state index in [-0.39, 0.29) is 23.2 Å². The molecule has 0 radical (unpaired) electrons. The van der Waals surface area contributed by atoms with Crippen LogP contribution < -0.4 is 5.32 Å². The molecule has 202 valence electrons. The van der Waals surface area contributed by atoms with E-state index in [0.717, 1.165) is 22.4 Å². The number of benzene rings is 5. The second kappa shape index (κ2) is 10.7. The minimum Gasteiger partial charge on any atom is -0.478 e. The summed E-state index contributed by atoms with van der Waals surface area (Å²) >= 11 is 0. The van der Waals surface area contributed by atoms with Crippen molar-refractivity contribution in [2.24, 2.45) is 0 Å². The number of hydrogen-bond donors (Lipinski definition) is 2. The maximum atomic E-state index is 14.7. The Kier molecular flexibility index (Phi) is 6.73.